The number of hydrogen-bond donors (Lipinski definition) is 0. The summed E-state index contributed by atoms with van der Waals surface area (Å²) in [6.07, 6.45) is -4.97. The molecule has 1 aliphatic heterocycles. The van der Waals surface area contributed by atoms with Crippen molar-refractivity contribution in [2.45, 2.75) is 19.1 Å². The number of rotatable bonds is 5. The van der Waals surface area contributed by atoms with Gasteiger partial charge in [-0.1, -0.05) is 28.1 Å². The molecule has 0 aromatic heterocycles. The van der Waals surface area contributed by atoms with Gasteiger partial charge in [0.05, 0.1) is 25.9 Å². The molecule has 2 aromatic rings. The van der Waals surface area contributed by atoms with Gasteiger partial charge in [0.15, 0.2) is 6.29 Å². The maximum atomic E-state index is 13.2. The smallest absolute Gasteiger partial charge is 0.420 e. The molecule has 0 bridgehead atoms. The van der Waals surface area contributed by atoms with Crippen LogP contribution >= 0.6 is 15.9 Å². The van der Waals surface area contributed by atoms with E-state index in [9.17, 15) is 13.2 Å². The van der Waals surface area contributed by atoms with Gasteiger partial charge in [0.1, 0.15) is 18.1 Å². The van der Waals surface area contributed by atoms with Crippen LogP contribution in [-0.4, -0.2) is 20.3 Å². The van der Waals surface area contributed by atoms with Gasteiger partial charge in [-0.3, -0.25) is 0 Å². The summed E-state index contributed by atoms with van der Waals surface area (Å²) in [6, 6.07) is 9.02. The summed E-state index contributed by atoms with van der Waals surface area (Å²) in [7, 11) is 1.49. The molecule has 0 aliphatic carbocycles. The molecule has 0 N–H and O–H groups in total. The van der Waals surface area contributed by atoms with Gasteiger partial charge < -0.3 is 18.9 Å². The van der Waals surface area contributed by atoms with Crippen molar-refractivity contribution in [3.8, 4) is 11.5 Å². The highest BCUT2D eigenvalue weighted by Crippen LogP contribution is 2.38. The standard InChI is InChI=1S/C18H16BrF3O4/c1-23-16-8-11(17-24-6-7-25-17)2-3-12(16)10-26-15-5-4-13(19)9-14(15)18(20,21)22/h2-5,8-9,17H,6-7,10H2,1H3. The quantitative estimate of drug-likeness (QED) is 0.658. The largest absolute Gasteiger partial charge is 0.496 e. The predicted octanol–water partition coefficient (Wildman–Crippen LogP) is 5.10. The summed E-state index contributed by atoms with van der Waals surface area (Å²) in [6.45, 7) is 0.962. The maximum absolute atomic E-state index is 13.2. The normalized spacial score (nSPS) is 15.3. The number of ether oxygens (including phenoxy) is 4. The Labute approximate surface area is 156 Å². The molecule has 0 spiro atoms. The van der Waals surface area contributed by atoms with Crippen molar-refractivity contribution in [3.05, 3.63) is 57.6 Å². The number of alkyl halides is 3. The van der Waals surface area contributed by atoms with E-state index in [1.165, 1.54) is 19.2 Å². The van der Waals surface area contributed by atoms with Gasteiger partial charge in [0, 0.05) is 15.6 Å². The molecular weight excluding hydrogens is 417 g/mol. The second-order valence-electron chi connectivity index (χ2n) is 5.57. The highest BCUT2D eigenvalue weighted by atomic mass is 79.9. The van der Waals surface area contributed by atoms with Crippen LogP contribution < -0.4 is 9.47 Å². The first-order valence-corrected chi connectivity index (χ1v) is 8.57. The Bertz CT molecular complexity index is 774. The molecule has 0 unspecified atom stereocenters. The van der Waals surface area contributed by atoms with Crippen molar-refractivity contribution in [2.75, 3.05) is 20.3 Å². The van der Waals surface area contributed by atoms with E-state index in [0.717, 1.165) is 11.6 Å². The number of halogens is 4. The van der Waals surface area contributed by atoms with E-state index in [2.05, 4.69) is 15.9 Å². The predicted molar refractivity (Wildman–Crippen MR) is 91.1 cm³/mol. The van der Waals surface area contributed by atoms with Gasteiger partial charge in [-0.15, -0.1) is 0 Å². The van der Waals surface area contributed by atoms with Crippen LogP contribution in [0.25, 0.3) is 0 Å². The number of hydrogen-bond acceptors (Lipinski definition) is 4. The van der Waals surface area contributed by atoms with Crippen LogP contribution in [0.1, 0.15) is 23.0 Å². The van der Waals surface area contributed by atoms with E-state index < -0.39 is 18.0 Å². The summed E-state index contributed by atoms with van der Waals surface area (Å²) in [4.78, 5) is 0. The third-order valence-corrected chi connectivity index (χ3v) is 4.33. The minimum absolute atomic E-state index is 0.0689. The molecule has 3 rings (SSSR count). The minimum Gasteiger partial charge on any atom is -0.496 e. The van der Waals surface area contributed by atoms with Crippen molar-refractivity contribution >= 4 is 15.9 Å². The van der Waals surface area contributed by atoms with Crippen molar-refractivity contribution in [2.24, 2.45) is 0 Å². The van der Waals surface area contributed by atoms with Crippen LogP contribution in [0.5, 0.6) is 11.5 Å². The lowest BCUT2D eigenvalue weighted by molar-refractivity contribution is -0.139. The first-order chi connectivity index (χ1) is 12.4. The first-order valence-electron chi connectivity index (χ1n) is 7.78. The van der Waals surface area contributed by atoms with Gasteiger partial charge in [0.25, 0.3) is 0 Å². The lowest BCUT2D eigenvalue weighted by atomic mass is 10.1. The van der Waals surface area contributed by atoms with Crippen LogP contribution in [0.4, 0.5) is 13.2 Å². The molecule has 1 heterocycles. The fraction of sp³-hybridized carbons (Fsp3) is 0.333. The Hall–Kier alpha value is -1.77. The average molecular weight is 433 g/mol. The second kappa shape index (κ2) is 7.85. The molecule has 0 atom stereocenters. The fourth-order valence-corrected chi connectivity index (χ4v) is 2.94. The molecular formula is C18H16BrF3O4. The zero-order valence-corrected chi connectivity index (χ0v) is 15.4. The molecule has 1 saturated heterocycles. The second-order valence-corrected chi connectivity index (χ2v) is 6.49. The average Bonchev–Trinajstić information content (AvgIpc) is 3.14. The first kappa shape index (κ1) is 19.0. The van der Waals surface area contributed by atoms with Gasteiger partial charge in [-0.05, 0) is 24.3 Å². The molecule has 2 aromatic carbocycles. The molecule has 1 fully saturated rings. The summed E-state index contributed by atoms with van der Waals surface area (Å²) >= 11 is 3.05. The topological polar surface area (TPSA) is 36.9 Å². The number of benzene rings is 2. The van der Waals surface area contributed by atoms with Crippen molar-refractivity contribution < 1.29 is 32.1 Å². The molecule has 4 nitrogen and oxygen atoms in total. The summed E-state index contributed by atoms with van der Waals surface area (Å²) in [5, 5.41) is 0. The molecule has 140 valence electrons. The molecule has 0 amide bonds. The van der Waals surface area contributed by atoms with Crippen molar-refractivity contribution in [3.63, 3.8) is 0 Å². The fourth-order valence-electron chi connectivity index (χ4n) is 2.58. The summed E-state index contributed by atoms with van der Waals surface area (Å²) in [5.41, 5.74) is 0.559. The number of methoxy groups -OCH3 is 1. The van der Waals surface area contributed by atoms with Crippen molar-refractivity contribution in [1.29, 1.82) is 0 Å². The molecule has 1 aliphatic rings. The van der Waals surface area contributed by atoms with E-state index in [1.54, 1.807) is 18.2 Å². The van der Waals surface area contributed by atoms with E-state index in [1.807, 2.05) is 0 Å². The Balaban J connectivity index is 1.79. The van der Waals surface area contributed by atoms with Crippen LogP contribution in [0, 0.1) is 0 Å². The van der Waals surface area contributed by atoms with Gasteiger partial charge >= 0.3 is 6.18 Å². The van der Waals surface area contributed by atoms with E-state index in [0.29, 0.717) is 29.0 Å². The Kier molecular flexibility index (Phi) is 5.74. The van der Waals surface area contributed by atoms with E-state index in [4.69, 9.17) is 18.9 Å². The highest BCUT2D eigenvalue weighted by molar-refractivity contribution is 9.10. The van der Waals surface area contributed by atoms with Crippen LogP contribution in [0.2, 0.25) is 0 Å². The van der Waals surface area contributed by atoms with Gasteiger partial charge in [0.2, 0.25) is 0 Å². The monoisotopic (exact) mass is 432 g/mol. The van der Waals surface area contributed by atoms with Gasteiger partial charge in [-0.25, -0.2) is 0 Å². The Morgan fingerprint density at radius 2 is 1.81 bits per heavy atom. The van der Waals surface area contributed by atoms with Gasteiger partial charge in [-0.2, -0.15) is 13.2 Å². The van der Waals surface area contributed by atoms with Crippen molar-refractivity contribution in [1.82, 2.24) is 0 Å². The van der Waals surface area contributed by atoms with Crippen LogP contribution in [-0.2, 0) is 22.3 Å². The molecule has 8 heteroatoms. The Morgan fingerprint density at radius 1 is 1.08 bits per heavy atom. The summed E-state index contributed by atoms with van der Waals surface area (Å²) in [5.74, 6) is 0.251. The SMILES string of the molecule is COc1cc(C2OCCO2)ccc1COc1ccc(Br)cc1C(F)(F)F. The van der Waals surface area contributed by atoms with Crippen LogP contribution in [0.15, 0.2) is 40.9 Å². The maximum Gasteiger partial charge on any atom is 0.420 e. The highest BCUT2D eigenvalue weighted by Gasteiger charge is 2.34. The van der Waals surface area contributed by atoms with E-state index >= 15 is 0 Å². The summed E-state index contributed by atoms with van der Waals surface area (Å²) < 4.78 is 61.5. The molecule has 26 heavy (non-hydrogen) atoms. The third kappa shape index (κ3) is 4.31. The zero-order valence-electron chi connectivity index (χ0n) is 13.8. The van der Waals surface area contributed by atoms with Crippen LogP contribution in [0.3, 0.4) is 0 Å². The Morgan fingerprint density at radius 3 is 2.46 bits per heavy atom. The minimum atomic E-state index is -4.51. The molecule has 0 saturated carbocycles. The third-order valence-electron chi connectivity index (χ3n) is 3.84. The zero-order chi connectivity index (χ0) is 18.7. The molecule has 0 radical (unpaired) electrons. The lowest BCUT2D eigenvalue weighted by Crippen LogP contribution is -2.09. The van der Waals surface area contributed by atoms with E-state index in [-0.39, 0.29) is 12.4 Å². The lowest BCUT2D eigenvalue weighted by Gasteiger charge is -2.17.